The second-order valence-electron chi connectivity index (χ2n) is 7.74. The van der Waals surface area contributed by atoms with Crippen LogP contribution < -0.4 is 14.8 Å². The zero-order valence-electron chi connectivity index (χ0n) is 19.3. The summed E-state index contributed by atoms with van der Waals surface area (Å²) in [5.74, 6) is -1.72. The summed E-state index contributed by atoms with van der Waals surface area (Å²) >= 11 is 7.05. The van der Waals surface area contributed by atoms with E-state index in [9.17, 15) is 23.2 Å². The van der Waals surface area contributed by atoms with E-state index in [1.807, 2.05) is 0 Å². The van der Waals surface area contributed by atoms with Crippen LogP contribution in [0.5, 0.6) is 11.5 Å². The predicted octanol–water partition coefficient (Wildman–Crippen LogP) is 5.88. The van der Waals surface area contributed by atoms with Gasteiger partial charge < -0.3 is 14.8 Å². The molecule has 37 heavy (non-hydrogen) atoms. The van der Waals surface area contributed by atoms with Crippen molar-refractivity contribution < 1.29 is 32.6 Å². The molecule has 0 saturated carbocycles. The minimum Gasteiger partial charge on any atom is -0.493 e. The lowest BCUT2D eigenvalue weighted by Crippen LogP contribution is -2.36. The Morgan fingerprint density at radius 1 is 1.11 bits per heavy atom. The van der Waals surface area contributed by atoms with Gasteiger partial charge in [-0.15, -0.1) is 0 Å². The number of carbonyl (C=O) groups is 3. The van der Waals surface area contributed by atoms with Crippen molar-refractivity contribution in [2.45, 2.75) is 6.61 Å². The number of methoxy groups -OCH3 is 1. The molecule has 1 aliphatic heterocycles. The second kappa shape index (κ2) is 11.4. The number of hydrogen-bond acceptors (Lipinski definition) is 6. The lowest BCUT2D eigenvalue weighted by molar-refractivity contribution is -0.127. The van der Waals surface area contributed by atoms with Crippen LogP contribution in [-0.2, 0) is 16.2 Å². The number of halogens is 3. The molecule has 3 aromatic rings. The number of thioether (sulfide) groups is 1. The Morgan fingerprint density at radius 2 is 1.84 bits per heavy atom. The number of nitrogens with zero attached hydrogens (tertiary/aromatic N) is 1. The standard InChI is InChI=1S/C26H19ClF2N2O5S/c1-35-21-11-15(10-19(27)24(21)36-14-16-4-2-3-5-20(16)29)12-22-25(33)31(26(34)37-22)13-23(32)30-18-8-6-17(28)7-9-18/h2-12H,13-14H2,1H3,(H,30,32)/b22-12-. The van der Waals surface area contributed by atoms with E-state index >= 15 is 0 Å². The summed E-state index contributed by atoms with van der Waals surface area (Å²) in [4.78, 5) is 38.4. The third-order valence-corrected chi connectivity index (χ3v) is 6.37. The first-order valence-corrected chi connectivity index (χ1v) is 12.0. The molecule has 0 spiro atoms. The van der Waals surface area contributed by atoms with Gasteiger partial charge in [0.15, 0.2) is 11.5 Å². The minimum absolute atomic E-state index is 0.0812. The van der Waals surface area contributed by atoms with Gasteiger partial charge in [-0.25, -0.2) is 8.78 Å². The number of nitrogens with one attached hydrogen (secondary N) is 1. The summed E-state index contributed by atoms with van der Waals surface area (Å²) in [6, 6.07) is 14.3. The summed E-state index contributed by atoms with van der Waals surface area (Å²) in [5, 5.41) is 2.04. The molecule has 0 unspecified atom stereocenters. The molecular formula is C26H19ClF2N2O5S. The molecule has 190 valence electrons. The average Bonchev–Trinajstić information content (AvgIpc) is 3.12. The van der Waals surface area contributed by atoms with Crippen molar-refractivity contribution >= 4 is 52.2 Å². The number of rotatable bonds is 8. The number of anilines is 1. The van der Waals surface area contributed by atoms with Crippen molar-refractivity contribution in [2.75, 3.05) is 19.0 Å². The van der Waals surface area contributed by atoms with E-state index in [4.69, 9.17) is 21.1 Å². The van der Waals surface area contributed by atoms with Crippen LogP contribution in [0.3, 0.4) is 0 Å². The summed E-state index contributed by atoms with van der Waals surface area (Å²) in [5.41, 5.74) is 1.11. The van der Waals surface area contributed by atoms with E-state index in [-0.39, 0.29) is 28.0 Å². The molecule has 0 aromatic heterocycles. The average molecular weight is 545 g/mol. The highest BCUT2D eigenvalue weighted by Crippen LogP contribution is 2.39. The Kier molecular flexibility index (Phi) is 8.10. The summed E-state index contributed by atoms with van der Waals surface area (Å²) in [6.07, 6.45) is 1.44. The van der Waals surface area contributed by atoms with Gasteiger partial charge in [0.1, 0.15) is 24.8 Å². The topological polar surface area (TPSA) is 84.9 Å². The maximum atomic E-state index is 13.9. The lowest BCUT2D eigenvalue weighted by Gasteiger charge is -2.14. The van der Waals surface area contributed by atoms with Crippen molar-refractivity contribution in [3.63, 3.8) is 0 Å². The highest BCUT2D eigenvalue weighted by molar-refractivity contribution is 8.18. The van der Waals surface area contributed by atoms with Gasteiger partial charge in [-0.2, -0.15) is 0 Å². The molecule has 0 bridgehead atoms. The molecule has 11 heteroatoms. The molecule has 1 saturated heterocycles. The first-order valence-electron chi connectivity index (χ1n) is 10.8. The Hall–Kier alpha value is -3.89. The predicted molar refractivity (Wildman–Crippen MR) is 136 cm³/mol. The number of amides is 3. The SMILES string of the molecule is COc1cc(/C=C2\SC(=O)N(CC(=O)Nc3ccc(F)cc3)C2=O)cc(Cl)c1OCc1ccccc1F. The van der Waals surface area contributed by atoms with Crippen LogP contribution in [0.25, 0.3) is 6.08 Å². The van der Waals surface area contributed by atoms with Gasteiger partial charge >= 0.3 is 0 Å². The first-order chi connectivity index (χ1) is 17.7. The van der Waals surface area contributed by atoms with Crippen LogP contribution in [0, 0.1) is 11.6 Å². The van der Waals surface area contributed by atoms with Crippen LogP contribution in [0.1, 0.15) is 11.1 Å². The van der Waals surface area contributed by atoms with Gasteiger partial charge in [-0.1, -0.05) is 29.8 Å². The first kappa shape index (κ1) is 26.2. The second-order valence-corrected chi connectivity index (χ2v) is 9.14. The molecule has 1 N–H and O–H groups in total. The normalized spacial score (nSPS) is 14.3. The molecule has 3 amide bonds. The van der Waals surface area contributed by atoms with Crippen LogP contribution in [0.4, 0.5) is 19.3 Å². The zero-order valence-corrected chi connectivity index (χ0v) is 20.9. The molecule has 3 aromatic carbocycles. The van der Waals surface area contributed by atoms with Gasteiger partial charge in [0.05, 0.1) is 17.0 Å². The maximum absolute atomic E-state index is 13.9. The molecule has 0 aliphatic carbocycles. The van der Waals surface area contributed by atoms with Crippen molar-refractivity contribution in [3.8, 4) is 11.5 Å². The van der Waals surface area contributed by atoms with Crippen LogP contribution >= 0.6 is 23.4 Å². The van der Waals surface area contributed by atoms with E-state index in [1.165, 1.54) is 49.6 Å². The van der Waals surface area contributed by atoms with Crippen molar-refractivity contribution in [1.29, 1.82) is 0 Å². The number of imide groups is 1. The van der Waals surface area contributed by atoms with Crippen molar-refractivity contribution in [1.82, 2.24) is 4.90 Å². The van der Waals surface area contributed by atoms with Gasteiger partial charge in [0, 0.05) is 11.3 Å². The van der Waals surface area contributed by atoms with E-state index < -0.39 is 35.2 Å². The summed E-state index contributed by atoms with van der Waals surface area (Å²) < 4.78 is 38.0. The van der Waals surface area contributed by atoms with Crippen molar-refractivity contribution in [2.24, 2.45) is 0 Å². The van der Waals surface area contributed by atoms with E-state index in [1.54, 1.807) is 24.3 Å². The number of carbonyl (C=O) groups excluding carboxylic acids is 3. The molecular weight excluding hydrogens is 526 g/mol. The van der Waals surface area contributed by atoms with Gasteiger partial charge in [-0.05, 0) is 65.9 Å². The quantitative estimate of drug-likeness (QED) is 0.356. The van der Waals surface area contributed by atoms with E-state index in [0.717, 1.165) is 4.90 Å². The number of ether oxygens (including phenoxy) is 2. The number of benzene rings is 3. The highest BCUT2D eigenvalue weighted by Gasteiger charge is 2.36. The fourth-order valence-corrected chi connectivity index (χ4v) is 4.51. The third kappa shape index (κ3) is 6.28. The third-order valence-electron chi connectivity index (χ3n) is 5.18. The highest BCUT2D eigenvalue weighted by atomic mass is 35.5. The smallest absolute Gasteiger partial charge is 0.294 e. The molecule has 4 rings (SSSR count). The monoisotopic (exact) mass is 544 g/mol. The van der Waals surface area contributed by atoms with Crippen LogP contribution in [0.15, 0.2) is 65.6 Å². The Labute approximate surface area is 220 Å². The minimum atomic E-state index is -0.653. The van der Waals surface area contributed by atoms with Gasteiger partial charge in [-0.3, -0.25) is 19.3 Å². The molecule has 0 radical (unpaired) electrons. The van der Waals surface area contributed by atoms with Gasteiger partial charge in [0.2, 0.25) is 5.91 Å². The van der Waals surface area contributed by atoms with E-state index in [0.29, 0.717) is 28.6 Å². The lowest BCUT2D eigenvalue weighted by atomic mass is 10.1. The van der Waals surface area contributed by atoms with Crippen LogP contribution in [0.2, 0.25) is 5.02 Å². The Balaban J connectivity index is 1.47. The molecule has 0 atom stereocenters. The summed E-state index contributed by atoms with van der Waals surface area (Å²) in [7, 11) is 1.40. The summed E-state index contributed by atoms with van der Waals surface area (Å²) in [6.45, 7) is -0.590. The fraction of sp³-hybridized carbons (Fsp3) is 0.115. The molecule has 1 fully saturated rings. The zero-order chi connectivity index (χ0) is 26.5. The Bertz CT molecular complexity index is 1400. The number of hydrogen-bond donors (Lipinski definition) is 1. The molecule has 7 nitrogen and oxygen atoms in total. The fourth-order valence-electron chi connectivity index (χ4n) is 3.39. The van der Waals surface area contributed by atoms with Crippen molar-refractivity contribution in [3.05, 3.63) is 93.4 Å². The van der Waals surface area contributed by atoms with Gasteiger partial charge in [0.25, 0.3) is 11.1 Å². The Morgan fingerprint density at radius 3 is 2.54 bits per heavy atom. The molecule has 1 heterocycles. The maximum Gasteiger partial charge on any atom is 0.294 e. The largest absolute Gasteiger partial charge is 0.493 e. The van der Waals surface area contributed by atoms with E-state index in [2.05, 4.69) is 5.32 Å². The van der Waals surface area contributed by atoms with Crippen LogP contribution in [-0.4, -0.2) is 35.6 Å². The molecule has 1 aliphatic rings.